The van der Waals surface area contributed by atoms with Crippen molar-refractivity contribution in [2.45, 2.75) is 57.9 Å². The lowest BCUT2D eigenvalue weighted by atomic mass is 9.71. The number of esters is 3. The minimum atomic E-state index is -0.675. The minimum absolute atomic E-state index is 0.0565. The molecule has 1 aromatic carbocycles. The molecule has 0 N–H and O–H groups in total. The molecule has 0 heterocycles. The molecule has 0 saturated heterocycles. The van der Waals surface area contributed by atoms with Gasteiger partial charge in [-0.25, -0.2) is 0 Å². The monoisotopic (exact) mass is 522 g/mol. The topological polar surface area (TPSA) is 97.4 Å². The first kappa shape index (κ1) is 29.2. The Morgan fingerprint density at radius 3 is 2.11 bits per heavy atom. The van der Waals surface area contributed by atoms with Crippen LogP contribution in [-0.4, -0.2) is 55.8 Å². The van der Waals surface area contributed by atoms with Crippen molar-refractivity contribution in [2.75, 3.05) is 26.4 Å². The highest BCUT2D eigenvalue weighted by molar-refractivity contribution is 6.20. The highest BCUT2D eigenvalue weighted by Gasteiger charge is 2.30. The van der Waals surface area contributed by atoms with Crippen LogP contribution in [0.2, 0.25) is 0 Å². The van der Waals surface area contributed by atoms with Crippen molar-refractivity contribution < 1.29 is 38.1 Å². The average Bonchev–Trinajstić information content (AvgIpc) is 2.83. The van der Waals surface area contributed by atoms with E-state index < -0.39 is 23.4 Å². The number of carbonyl (C=O) groups is 3. The lowest BCUT2D eigenvalue weighted by molar-refractivity contribution is -0.158. The summed E-state index contributed by atoms with van der Waals surface area (Å²) in [6.07, 6.45) is 6.12. The summed E-state index contributed by atoms with van der Waals surface area (Å²) in [5.41, 5.74) is 0.998. The van der Waals surface area contributed by atoms with Crippen LogP contribution in [0.3, 0.4) is 0 Å². The zero-order valence-electron chi connectivity index (χ0n) is 21.5. The molecule has 0 amide bonds. The number of hydrogen-bond acceptors (Lipinski definition) is 8. The predicted octanol–water partition coefficient (Wildman–Crippen LogP) is 4.48. The molecule has 0 fully saturated rings. The second-order valence-electron chi connectivity index (χ2n) is 9.11. The van der Waals surface area contributed by atoms with Crippen LogP contribution in [0.25, 0.3) is 0 Å². The van der Waals surface area contributed by atoms with E-state index in [1.54, 1.807) is 0 Å². The fourth-order valence-electron chi connectivity index (χ4n) is 3.63. The normalized spacial score (nSPS) is 16.8. The second kappa shape index (κ2) is 13.9. The summed E-state index contributed by atoms with van der Waals surface area (Å²) < 4.78 is 26.5. The van der Waals surface area contributed by atoms with Crippen molar-refractivity contribution in [3.8, 4) is 5.75 Å². The van der Waals surface area contributed by atoms with Crippen molar-refractivity contribution in [3.63, 3.8) is 0 Å². The van der Waals surface area contributed by atoms with E-state index in [1.165, 1.54) is 20.8 Å². The lowest BCUT2D eigenvalue weighted by Crippen LogP contribution is -2.29. The third kappa shape index (κ3) is 9.93. The molecule has 0 saturated carbocycles. The van der Waals surface area contributed by atoms with Gasteiger partial charge in [0.15, 0.2) is 6.10 Å². The van der Waals surface area contributed by atoms with Gasteiger partial charge in [-0.3, -0.25) is 14.4 Å². The molecule has 1 unspecified atom stereocenters. The van der Waals surface area contributed by atoms with E-state index in [0.717, 1.165) is 12.0 Å². The van der Waals surface area contributed by atoms with Crippen LogP contribution in [0.5, 0.6) is 5.75 Å². The number of hydrogen-bond donors (Lipinski definition) is 0. The van der Waals surface area contributed by atoms with E-state index in [4.69, 9.17) is 35.3 Å². The summed E-state index contributed by atoms with van der Waals surface area (Å²) in [7, 11) is 0. The Bertz CT molecular complexity index is 951. The molecule has 8 nitrogen and oxygen atoms in total. The van der Waals surface area contributed by atoms with Crippen molar-refractivity contribution in [3.05, 3.63) is 53.8 Å². The second-order valence-corrected chi connectivity index (χ2v) is 9.73. The van der Waals surface area contributed by atoms with Gasteiger partial charge < -0.3 is 23.7 Å². The van der Waals surface area contributed by atoms with Crippen molar-refractivity contribution in [1.82, 2.24) is 0 Å². The molecule has 0 aromatic heterocycles. The molecule has 2 rings (SSSR count). The zero-order chi connectivity index (χ0) is 26.7. The van der Waals surface area contributed by atoms with Crippen molar-refractivity contribution in [1.29, 1.82) is 0 Å². The van der Waals surface area contributed by atoms with E-state index >= 15 is 0 Å². The fourth-order valence-corrected chi connectivity index (χ4v) is 3.76. The number of alkyl halides is 1. The molecule has 9 heteroatoms. The quantitative estimate of drug-likeness (QED) is 0.212. The Balaban J connectivity index is 1.88. The van der Waals surface area contributed by atoms with E-state index in [1.807, 2.05) is 36.4 Å². The first-order valence-corrected chi connectivity index (χ1v) is 12.2. The van der Waals surface area contributed by atoms with Gasteiger partial charge in [0.1, 0.15) is 43.3 Å². The smallest absolute Gasteiger partial charge is 0.303 e. The number of halogens is 1. The number of rotatable bonds is 13. The van der Waals surface area contributed by atoms with Crippen LogP contribution in [0.4, 0.5) is 0 Å². The molecule has 0 aliphatic heterocycles. The summed E-state index contributed by atoms with van der Waals surface area (Å²) in [5.74, 6) is 0.313. The molecule has 36 heavy (non-hydrogen) atoms. The molecular weight excluding hydrogens is 488 g/mol. The van der Waals surface area contributed by atoms with Gasteiger partial charge in [0.05, 0.1) is 0 Å². The molecule has 1 aliphatic rings. The molecular formula is C27H35ClO8. The largest absolute Gasteiger partial charge is 0.492 e. The summed E-state index contributed by atoms with van der Waals surface area (Å²) in [4.78, 5) is 33.2. The van der Waals surface area contributed by atoms with Gasteiger partial charge in [-0.15, -0.1) is 11.6 Å². The van der Waals surface area contributed by atoms with Gasteiger partial charge in [-0.1, -0.05) is 32.1 Å². The molecule has 198 valence electrons. The summed E-state index contributed by atoms with van der Waals surface area (Å²) in [6, 6.07) is 7.88. The average molecular weight is 523 g/mol. The Kier molecular flexibility index (Phi) is 11.3. The zero-order valence-corrected chi connectivity index (χ0v) is 22.2. The maximum Gasteiger partial charge on any atom is 0.303 e. The number of ether oxygens (including phenoxy) is 5. The van der Waals surface area contributed by atoms with Gasteiger partial charge in [0, 0.05) is 20.8 Å². The van der Waals surface area contributed by atoms with Gasteiger partial charge >= 0.3 is 17.9 Å². The Morgan fingerprint density at radius 2 is 1.56 bits per heavy atom. The van der Waals surface area contributed by atoms with Crippen LogP contribution < -0.4 is 4.74 Å². The Labute approximate surface area is 217 Å². The Morgan fingerprint density at radius 1 is 0.917 bits per heavy atom. The first-order valence-electron chi connectivity index (χ1n) is 11.8. The Hall–Kier alpha value is -3.00. The first-order chi connectivity index (χ1) is 17.0. The highest BCUT2D eigenvalue weighted by Crippen LogP contribution is 2.38. The van der Waals surface area contributed by atoms with Crippen molar-refractivity contribution in [2.24, 2.45) is 5.92 Å². The highest BCUT2D eigenvalue weighted by atomic mass is 35.5. The third-order valence-electron chi connectivity index (χ3n) is 5.73. The molecule has 3 atom stereocenters. The SMILES string of the molecule is CC(=O)OC[C@@H](Cl)COc1ccc(C(C)(C)C2C=CC(OC[C@H](COC(C)=O)OC(C)=O)=CC2)cc1. The lowest BCUT2D eigenvalue weighted by Gasteiger charge is -2.34. The molecule has 0 bridgehead atoms. The standard InChI is InChI=1S/C27H35ClO8/c1-18(29)32-14-23(28)15-34-24-10-6-21(7-11-24)27(4,5)22-8-12-25(13-9-22)35-17-26(36-20(3)31)16-33-19(2)30/h6-8,10-13,22-23,26H,9,14-17H2,1-5H3/t22?,23-,26+/m1/s1. The molecule has 1 aliphatic carbocycles. The van der Waals surface area contributed by atoms with Crippen LogP contribution >= 0.6 is 11.6 Å². The number of carbonyl (C=O) groups excluding carboxylic acids is 3. The van der Waals surface area contributed by atoms with Crippen LogP contribution in [0, 0.1) is 5.92 Å². The number of benzene rings is 1. The van der Waals surface area contributed by atoms with Crippen molar-refractivity contribution >= 4 is 29.5 Å². The fraction of sp³-hybridized carbons (Fsp3) is 0.519. The van der Waals surface area contributed by atoms with E-state index in [9.17, 15) is 14.4 Å². The van der Waals surface area contributed by atoms with Gasteiger partial charge in [-0.2, -0.15) is 0 Å². The van der Waals surface area contributed by atoms with Crippen LogP contribution in [0.15, 0.2) is 48.3 Å². The molecule has 0 spiro atoms. The molecule has 0 radical (unpaired) electrons. The maximum atomic E-state index is 11.3. The van der Waals surface area contributed by atoms with Gasteiger partial charge in [-0.05, 0) is 47.6 Å². The molecule has 1 aromatic rings. The van der Waals surface area contributed by atoms with Crippen LogP contribution in [0.1, 0.15) is 46.6 Å². The summed E-state index contributed by atoms with van der Waals surface area (Å²) >= 11 is 6.11. The van der Waals surface area contributed by atoms with E-state index in [-0.39, 0.29) is 43.7 Å². The predicted molar refractivity (Wildman–Crippen MR) is 135 cm³/mol. The van der Waals surface area contributed by atoms with E-state index in [0.29, 0.717) is 11.5 Å². The third-order valence-corrected chi connectivity index (χ3v) is 5.98. The van der Waals surface area contributed by atoms with Gasteiger partial charge in [0.25, 0.3) is 0 Å². The van der Waals surface area contributed by atoms with Crippen LogP contribution in [-0.2, 0) is 38.7 Å². The maximum absolute atomic E-state index is 11.3. The summed E-state index contributed by atoms with van der Waals surface area (Å²) in [6.45, 7) is 8.66. The van der Waals surface area contributed by atoms with E-state index in [2.05, 4.69) is 19.9 Å². The summed E-state index contributed by atoms with van der Waals surface area (Å²) in [5, 5.41) is -0.424. The minimum Gasteiger partial charge on any atom is -0.492 e. The number of allylic oxidation sites excluding steroid dienone is 3. The van der Waals surface area contributed by atoms with Gasteiger partial charge in [0.2, 0.25) is 0 Å².